The van der Waals surface area contributed by atoms with Gasteiger partial charge in [0.25, 0.3) is 10.0 Å². The molecule has 2 atom stereocenters. The molecular weight excluding hydrogens is 709 g/mol. The lowest BCUT2D eigenvalue weighted by Crippen LogP contribution is -2.46. The maximum atomic E-state index is 13.7. The number of benzene rings is 3. The number of carboxylic acids is 1. The van der Waals surface area contributed by atoms with Crippen LogP contribution < -0.4 is 19.9 Å². The minimum absolute atomic E-state index is 0.0000699. The van der Waals surface area contributed by atoms with Crippen molar-refractivity contribution in [2.24, 2.45) is 5.14 Å². The topological polar surface area (TPSA) is 189 Å². The van der Waals surface area contributed by atoms with E-state index in [0.717, 1.165) is 35.6 Å². The van der Waals surface area contributed by atoms with Gasteiger partial charge in [-0.25, -0.2) is 32.4 Å². The highest BCUT2D eigenvalue weighted by Crippen LogP contribution is 2.30. The van der Waals surface area contributed by atoms with E-state index < -0.39 is 52.4 Å². The van der Waals surface area contributed by atoms with Crippen molar-refractivity contribution < 1.29 is 50.1 Å². The predicted molar refractivity (Wildman–Crippen MR) is 171 cm³/mol. The smallest absolute Gasteiger partial charge is 0.416 e. The summed E-state index contributed by atoms with van der Waals surface area (Å²) in [7, 11) is -3.99. The van der Waals surface area contributed by atoms with Gasteiger partial charge in [-0.2, -0.15) is 13.2 Å². The molecule has 0 aliphatic rings. The van der Waals surface area contributed by atoms with E-state index in [-0.39, 0.29) is 41.7 Å². The number of carbonyl (C=O) groups excluding carboxylic acids is 1. The number of aliphatic carboxylic acids is 1. The van der Waals surface area contributed by atoms with Crippen molar-refractivity contribution in [3.63, 3.8) is 0 Å². The van der Waals surface area contributed by atoms with Crippen LogP contribution in [-0.4, -0.2) is 64.7 Å². The standard InChI is InChI=1S/C31H28F4N6O7S2/c32-11-12-47-22-7-3-19(4-8-22)14-26(28(42)37-25(29(43)44)13-18-1-5-20(6-2-18)31(33,34)35)41-16-21(39-40-41)17-48-23-9-10-24-27(15-23)49-30(38-24)50(36,45)46/h1-10,15-16,25-26H,11-14,17H2,(H,37,42)(H,43,44)(H2,36,45,46)/t25-,26-/m0/s1. The van der Waals surface area contributed by atoms with Crippen LogP contribution in [0.15, 0.2) is 77.3 Å². The molecule has 0 radical (unpaired) electrons. The zero-order valence-electron chi connectivity index (χ0n) is 25.7. The second-order valence-electron chi connectivity index (χ2n) is 10.8. The molecule has 5 aromatic rings. The van der Waals surface area contributed by atoms with Crippen molar-refractivity contribution in [3.8, 4) is 11.5 Å². The molecular formula is C31H28F4N6O7S2. The third-order valence-electron chi connectivity index (χ3n) is 7.18. The van der Waals surface area contributed by atoms with Crippen LogP contribution >= 0.6 is 11.3 Å². The van der Waals surface area contributed by atoms with E-state index in [9.17, 15) is 40.7 Å². The highest BCUT2D eigenvalue weighted by atomic mass is 32.2. The Morgan fingerprint density at radius 3 is 2.28 bits per heavy atom. The monoisotopic (exact) mass is 736 g/mol. The maximum absolute atomic E-state index is 13.7. The number of rotatable bonds is 15. The number of nitrogens with one attached hydrogen (secondary N) is 1. The predicted octanol–water partition coefficient (Wildman–Crippen LogP) is 4.08. The maximum Gasteiger partial charge on any atom is 0.416 e. The Labute approximate surface area is 285 Å². The first-order valence-corrected chi connectivity index (χ1v) is 17.0. The molecule has 0 saturated carbocycles. The largest absolute Gasteiger partial charge is 0.491 e. The number of hydrogen-bond acceptors (Lipinski definition) is 10. The van der Waals surface area contributed by atoms with Gasteiger partial charge in [0, 0.05) is 12.8 Å². The lowest BCUT2D eigenvalue weighted by Gasteiger charge is -2.21. The number of alkyl halides is 4. The molecule has 4 N–H and O–H groups in total. The lowest BCUT2D eigenvalue weighted by atomic mass is 10.0. The molecule has 50 heavy (non-hydrogen) atoms. The number of halogens is 4. The Hall–Kier alpha value is -5.14. The average Bonchev–Trinajstić information content (AvgIpc) is 3.72. The summed E-state index contributed by atoms with van der Waals surface area (Å²) in [6.45, 7) is -0.940. The molecule has 19 heteroatoms. The van der Waals surface area contributed by atoms with Crippen LogP contribution in [0, 0.1) is 0 Å². The van der Waals surface area contributed by atoms with E-state index in [4.69, 9.17) is 14.6 Å². The number of fused-ring (bicyclic) bond motifs is 1. The molecule has 0 unspecified atom stereocenters. The minimum atomic E-state index is -4.57. The fraction of sp³-hybridized carbons (Fsp3) is 0.258. The van der Waals surface area contributed by atoms with Crippen molar-refractivity contribution in [3.05, 3.63) is 95.3 Å². The van der Waals surface area contributed by atoms with Gasteiger partial charge in [-0.05, 0) is 53.6 Å². The Bertz CT molecular complexity index is 2070. The minimum Gasteiger partial charge on any atom is -0.491 e. The molecule has 0 fully saturated rings. The van der Waals surface area contributed by atoms with E-state index in [1.807, 2.05) is 0 Å². The van der Waals surface area contributed by atoms with Crippen LogP contribution in [0.1, 0.15) is 28.4 Å². The second-order valence-corrected chi connectivity index (χ2v) is 13.6. The average molecular weight is 737 g/mol. The van der Waals surface area contributed by atoms with Crippen molar-refractivity contribution in [2.45, 2.75) is 42.0 Å². The molecule has 3 aromatic carbocycles. The Morgan fingerprint density at radius 1 is 0.980 bits per heavy atom. The molecule has 0 saturated heterocycles. The molecule has 13 nitrogen and oxygen atoms in total. The summed E-state index contributed by atoms with van der Waals surface area (Å²) >= 11 is 0.873. The molecule has 2 aromatic heterocycles. The van der Waals surface area contributed by atoms with Crippen LogP contribution in [-0.2, 0) is 45.2 Å². The molecule has 0 bridgehead atoms. The summed E-state index contributed by atoms with van der Waals surface area (Å²) in [6, 6.07) is 12.4. The number of primary sulfonamides is 1. The fourth-order valence-corrected chi connectivity index (χ4v) is 6.41. The zero-order chi connectivity index (χ0) is 36.1. The molecule has 0 aliphatic carbocycles. The van der Waals surface area contributed by atoms with Gasteiger partial charge in [0.2, 0.25) is 10.2 Å². The number of ether oxygens (including phenoxy) is 2. The Kier molecular flexibility index (Phi) is 11.0. The van der Waals surface area contributed by atoms with Gasteiger partial charge in [-0.1, -0.05) is 29.5 Å². The van der Waals surface area contributed by atoms with E-state index in [2.05, 4.69) is 20.6 Å². The molecule has 0 aliphatic heterocycles. The van der Waals surface area contributed by atoms with Crippen LogP contribution in [0.2, 0.25) is 0 Å². The van der Waals surface area contributed by atoms with E-state index in [1.165, 1.54) is 10.9 Å². The third-order valence-corrected chi connectivity index (χ3v) is 9.52. The number of carboxylic acid groups (broad SMARTS) is 1. The van der Waals surface area contributed by atoms with Gasteiger partial charge >= 0.3 is 12.1 Å². The van der Waals surface area contributed by atoms with Gasteiger partial charge in [0.05, 0.1) is 22.0 Å². The number of aromatic nitrogens is 4. The highest BCUT2D eigenvalue weighted by Gasteiger charge is 2.31. The first kappa shape index (κ1) is 36.1. The van der Waals surface area contributed by atoms with E-state index >= 15 is 0 Å². The Balaban J connectivity index is 1.34. The normalized spacial score (nSPS) is 13.1. The molecule has 1 amide bonds. The van der Waals surface area contributed by atoms with Crippen LogP contribution in [0.25, 0.3) is 10.2 Å². The van der Waals surface area contributed by atoms with E-state index in [0.29, 0.717) is 27.3 Å². The summed E-state index contributed by atoms with van der Waals surface area (Å²) in [5.74, 6) is -1.42. The van der Waals surface area contributed by atoms with Crippen molar-refractivity contribution in [2.75, 3.05) is 13.3 Å². The third kappa shape index (κ3) is 9.30. The van der Waals surface area contributed by atoms with Crippen LogP contribution in [0.3, 0.4) is 0 Å². The van der Waals surface area contributed by atoms with E-state index in [1.54, 1.807) is 42.5 Å². The number of amides is 1. The summed E-state index contributed by atoms with van der Waals surface area (Å²) in [5, 5.41) is 25.6. The number of thiazole rings is 1. The van der Waals surface area contributed by atoms with Crippen LogP contribution in [0.5, 0.6) is 11.5 Å². The molecule has 264 valence electrons. The lowest BCUT2D eigenvalue weighted by molar-refractivity contribution is -0.142. The van der Waals surface area contributed by atoms with Crippen molar-refractivity contribution >= 4 is 43.5 Å². The van der Waals surface area contributed by atoms with Gasteiger partial charge in [0.1, 0.15) is 49.2 Å². The van der Waals surface area contributed by atoms with Crippen molar-refractivity contribution in [1.82, 2.24) is 25.3 Å². The molecule has 5 rings (SSSR count). The number of nitrogens with two attached hydrogens (primary N) is 1. The van der Waals surface area contributed by atoms with Gasteiger partial charge < -0.3 is 19.9 Å². The zero-order valence-corrected chi connectivity index (χ0v) is 27.3. The first-order chi connectivity index (χ1) is 23.7. The second kappa shape index (κ2) is 15.2. The SMILES string of the molecule is NS(=O)(=O)c1nc2ccc(OCc3cn([C@@H](Cc4ccc(OCCF)cc4)C(=O)N[C@@H](Cc4ccc(C(F)(F)F)cc4)C(=O)O)nn3)cc2s1. The first-order valence-electron chi connectivity index (χ1n) is 14.6. The Morgan fingerprint density at radius 2 is 1.64 bits per heavy atom. The highest BCUT2D eigenvalue weighted by molar-refractivity contribution is 7.91. The summed E-state index contributed by atoms with van der Waals surface area (Å²) in [6.07, 6.45) is -3.44. The van der Waals surface area contributed by atoms with Gasteiger partial charge in [-0.3, -0.25) is 4.79 Å². The van der Waals surface area contributed by atoms with Gasteiger partial charge in [-0.15, -0.1) is 16.4 Å². The number of carbonyl (C=O) groups is 2. The number of nitrogens with zero attached hydrogens (tertiary/aromatic N) is 4. The summed E-state index contributed by atoms with van der Waals surface area (Å²) in [4.78, 5) is 29.8. The molecule has 2 heterocycles. The number of sulfonamides is 1. The molecule has 0 spiro atoms. The van der Waals surface area contributed by atoms with Crippen LogP contribution in [0.4, 0.5) is 17.6 Å². The number of hydrogen-bond donors (Lipinski definition) is 3. The summed E-state index contributed by atoms with van der Waals surface area (Å²) < 4.78 is 87.4. The van der Waals surface area contributed by atoms with Crippen molar-refractivity contribution in [1.29, 1.82) is 0 Å². The summed E-state index contributed by atoms with van der Waals surface area (Å²) in [5.41, 5.74) is 0.656. The fourth-order valence-electron chi connectivity index (χ4n) is 4.73. The quantitative estimate of drug-likeness (QED) is 0.132. The van der Waals surface area contributed by atoms with Gasteiger partial charge in [0.15, 0.2) is 0 Å².